The van der Waals surface area contributed by atoms with Crippen molar-refractivity contribution in [2.24, 2.45) is 0 Å². The average molecular weight is 295 g/mol. The fourth-order valence-corrected chi connectivity index (χ4v) is 2.42. The topological polar surface area (TPSA) is 93.2 Å². The molecule has 1 aromatic heterocycles. The first-order valence-corrected chi connectivity index (χ1v) is 7.29. The number of sulfonamides is 1. The summed E-state index contributed by atoms with van der Waals surface area (Å²) in [6.07, 6.45) is 1.27. The van der Waals surface area contributed by atoms with Gasteiger partial charge in [0.05, 0.1) is 12.9 Å². The van der Waals surface area contributed by atoms with Gasteiger partial charge in [-0.05, 0) is 0 Å². The van der Waals surface area contributed by atoms with Crippen molar-refractivity contribution in [3.05, 3.63) is 11.5 Å². The van der Waals surface area contributed by atoms with Gasteiger partial charge in [0.2, 0.25) is 10.0 Å². The molecule has 0 saturated heterocycles. The molecule has 18 heavy (non-hydrogen) atoms. The number of hydrogen-bond donors (Lipinski definition) is 2. The summed E-state index contributed by atoms with van der Waals surface area (Å²) in [6.45, 7) is 2.28. The van der Waals surface area contributed by atoms with Gasteiger partial charge in [0, 0.05) is 13.1 Å². The second-order valence-corrected chi connectivity index (χ2v) is 5.57. The van der Waals surface area contributed by atoms with Gasteiger partial charge in [0.15, 0.2) is 16.7 Å². The van der Waals surface area contributed by atoms with Gasteiger partial charge in [-0.25, -0.2) is 23.1 Å². The van der Waals surface area contributed by atoms with Crippen molar-refractivity contribution in [1.82, 2.24) is 14.7 Å². The normalized spacial score (nSPS) is 11.3. The zero-order valence-electron chi connectivity index (χ0n) is 10.1. The van der Waals surface area contributed by atoms with Crippen LogP contribution in [0.1, 0.15) is 6.92 Å². The molecule has 7 nitrogen and oxygen atoms in total. The maximum Gasteiger partial charge on any atom is 0.213 e. The van der Waals surface area contributed by atoms with Crippen molar-refractivity contribution in [1.29, 1.82) is 0 Å². The first kappa shape index (κ1) is 14.9. The number of aromatic nitrogens is 2. The third-order valence-electron chi connectivity index (χ3n) is 1.99. The van der Waals surface area contributed by atoms with Crippen LogP contribution in [0.4, 0.5) is 5.82 Å². The maximum atomic E-state index is 11.4. The highest BCUT2D eigenvalue weighted by molar-refractivity contribution is 7.89. The Kier molecular flexibility index (Phi) is 5.57. The Bertz CT molecular complexity index is 495. The molecule has 0 bridgehead atoms. The summed E-state index contributed by atoms with van der Waals surface area (Å²) in [5, 5.41) is 3.01. The number of nitrogens with zero attached hydrogens (tertiary/aromatic N) is 2. The summed E-state index contributed by atoms with van der Waals surface area (Å²) in [5.74, 6) is 0.593. The highest BCUT2D eigenvalue weighted by atomic mass is 35.5. The molecule has 0 aliphatic carbocycles. The minimum atomic E-state index is -3.26. The van der Waals surface area contributed by atoms with Gasteiger partial charge in [0.1, 0.15) is 6.33 Å². The summed E-state index contributed by atoms with van der Waals surface area (Å²) in [7, 11) is -1.83. The van der Waals surface area contributed by atoms with E-state index in [1.54, 1.807) is 6.92 Å². The third kappa shape index (κ3) is 4.28. The van der Waals surface area contributed by atoms with Crippen molar-refractivity contribution in [3.8, 4) is 5.75 Å². The van der Waals surface area contributed by atoms with E-state index in [0.717, 1.165) is 0 Å². The van der Waals surface area contributed by atoms with Crippen molar-refractivity contribution in [2.75, 3.05) is 31.3 Å². The molecular formula is C9H15ClN4O3S. The number of halogens is 1. The van der Waals surface area contributed by atoms with E-state index in [2.05, 4.69) is 20.0 Å². The van der Waals surface area contributed by atoms with Gasteiger partial charge in [0.25, 0.3) is 0 Å². The van der Waals surface area contributed by atoms with E-state index in [-0.39, 0.29) is 17.5 Å². The molecule has 0 aliphatic heterocycles. The largest absolute Gasteiger partial charge is 0.490 e. The maximum absolute atomic E-state index is 11.4. The van der Waals surface area contributed by atoms with E-state index in [4.69, 9.17) is 16.3 Å². The number of rotatable bonds is 7. The van der Waals surface area contributed by atoms with Gasteiger partial charge in [-0.15, -0.1) is 0 Å². The molecule has 0 spiro atoms. The van der Waals surface area contributed by atoms with E-state index in [9.17, 15) is 8.42 Å². The number of ether oxygens (including phenoxy) is 1. The van der Waals surface area contributed by atoms with E-state index >= 15 is 0 Å². The first-order valence-electron chi connectivity index (χ1n) is 5.26. The average Bonchev–Trinajstić information content (AvgIpc) is 2.29. The quantitative estimate of drug-likeness (QED) is 0.711. The minimum absolute atomic E-state index is 0.0639. The van der Waals surface area contributed by atoms with Gasteiger partial charge in [-0.2, -0.15) is 0 Å². The van der Waals surface area contributed by atoms with Crippen molar-refractivity contribution < 1.29 is 13.2 Å². The molecule has 2 N–H and O–H groups in total. The number of anilines is 1. The molecule has 0 aliphatic rings. The zero-order valence-corrected chi connectivity index (χ0v) is 11.7. The Morgan fingerprint density at radius 3 is 2.78 bits per heavy atom. The Balaban J connectivity index is 2.62. The van der Waals surface area contributed by atoms with Crippen LogP contribution in [0.25, 0.3) is 0 Å². The molecule has 0 atom stereocenters. The van der Waals surface area contributed by atoms with Crippen molar-refractivity contribution in [3.63, 3.8) is 0 Å². The predicted octanol–water partition coefficient (Wildman–Crippen LogP) is 0.490. The van der Waals surface area contributed by atoms with Crippen LogP contribution in [0.15, 0.2) is 6.33 Å². The highest BCUT2D eigenvalue weighted by Gasteiger charge is 2.12. The molecule has 1 heterocycles. The third-order valence-corrected chi connectivity index (χ3v) is 3.73. The molecule has 102 valence electrons. The Labute approximate surface area is 111 Å². The minimum Gasteiger partial charge on any atom is -0.490 e. The molecule has 0 radical (unpaired) electrons. The molecule has 0 amide bonds. The molecule has 1 aromatic rings. The van der Waals surface area contributed by atoms with Crippen LogP contribution in [-0.2, 0) is 10.0 Å². The Morgan fingerprint density at radius 2 is 2.17 bits per heavy atom. The molecule has 1 rings (SSSR count). The van der Waals surface area contributed by atoms with Gasteiger partial charge >= 0.3 is 0 Å². The zero-order chi connectivity index (χ0) is 13.6. The summed E-state index contributed by atoms with van der Waals surface area (Å²) < 4.78 is 30.2. The fraction of sp³-hybridized carbons (Fsp3) is 0.556. The van der Waals surface area contributed by atoms with Crippen LogP contribution in [-0.4, -0.2) is 44.3 Å². The standard InChI is InChI=1S/C9H15ClN4O3S/c1-3-14-18(15,16)5-4-11-9-7(17-2)8(10)12-6-13-9/h6,14H,3-5H2,1-2H3,(H,11,12,13). The lowest BCUT2D eigenvalue weighted by molar-refractivity contribution is 0.413. The molecule has 0 saturated carbocycles. The fourth-order valence-electron chi connectivity index (χ4n) is 1.25. The number of methoxy groups -OCH3 is 1. The second-order valence-electron chi connectivity index (χ2n) is 3.29. The van der Waals surface area contributed by atoms with E-state index in [1.807, 2.05) is 0 Å². The van der Waals surface area contributed by atoms with E-state index < -0.39 is 10.0 Å². The monoisotopic (exact) mass is 294 g/mol. The van der Waals surface area contributed by atoms with Crippen LogP contribution in [0, 0.1) is 0 Å². The molecule has 0 unspecified atom stereocenters. The van der Waals surface area contributed by atoms with Crippen LogP contribution in [0.3, 0.4) is 0 Å². The Hall–Kier alpha value is -1.12. The first-order chi connectivity index (χ1) is 8.50. The van der Waals surface area contributed by atoms with Crippen LogP contribution in [0.5, 0.6) is 5.75 Å². The van der Waals surface area contributed by atoms with Crippen LogP contribution < -0.4 is 14.8 Å². The molecule has 0 aromatic carbocycles. The molecule has 9 heteroatoms. The van der Waals surface area contributed by atoms with Gasteiger partial charge in [-0.3, -0.25) is 0 Å². The smallest absolute Gasteiger partial charge is 0.213 e. The lowest BCUT2D eigenvalue weighted by atomic mass is 10.5. The SMILES string of the molecule is CCNS(=O)(=O)CCNc1ncnc(Cl)c1OC. The summed E-state index contributed by atoms with van der Waals surface area (Å²) in [5.41, 5.74) is 0. The lowest BCUT2D eigenvalue weighted by Gasteiger charge is -2.10. The van der Waals surface area contributed by atoms with E-state index in [1.165, 1.54) is 13.4 Å². The summed E-state index contributed by atoms with van der Waals surface area (Å²) in [6, 6.07) is 0. The van der Waals surface area contributed by atoms with Gasteiger partial charge < -0.3 is 10.1 Å². The summed E-state index contributed by atoms with van der Waals surface area (Å²) >= 11 is 5.80. The van der Waals surface area contributed by atoms with Crippen LogP contribution in [0.2, 0.25) is 5.15 Å². The molecular weight excluding hydrogens is 280 g/mol. The summed E-state index contributed by atoms with van der Waals surface area (Å²) in [4.78, 5) is 7.68. The number of nitrogens with one attached hydrogen (secondary N) is 2. The highest BCUT2D eigenvalue weighted by Crippen LogP contribution is 2.27. The predicted molar refractivity (Wildman–Crippen MR) is 69.5 cm³/mol. The second kappa shape index (κ2) is 6.72. The number of hydrogen-bond acceptors (Lipinski definition) is 6. The lowest BCUT2D eigenvalue weighted by Crippen LogP contribution is -2.29. The molecule has 0 fully saturated rings. The van der Waals surface area contributed by atoms with Crippen molar-refractivity contribution >= 4 is 27.4 Å². The van der Waals surface area contributed by atoms with E-state index in [0.29, 0.717) is 18.1 Å². The van der Waals surface area contributed by atoms with Gasteiger partial charge in [-0.1, -0.05) is 18.5 Å². The van der Waals surface area contributed by atoms with Crippen LogP contribution >= 0.6 is 11.6 Å². The van der Waals surface area contributed by atoms with Crippen molar-refractivity contribution in [2.45, 2.75) is 6.92 Å². The Morgan fingerprint density at radius 1 is 1.44 bits per heavy atom.